The van der Waals surface area contributed by atoms with Crippen LogP contribution in [-0.4, -0.2) is 24.0 Å². The normalized spacial score (nSPS) is 18.4. The van der Waals surface area contributed by atoms with Gasteiger partial charge in [0.2, 0.25) is 0 Å². The van der Waals surface area contributed by atoms with Crippen molar-refractivity contribution in [2.45, 2.75) is 20.8 Å². The number of hydrogen-bond donors (Lipinski definition) is 1. The summed E-state index contributed by atoms with van der Waals surface area (Å²) in [5.74, 6) is -0.674. The quantitative estimate of drug-likeness (QED) is 0.572. The van der Waals surface area contributed by atoms with Gasteiger partial charge in [-0.3, -0.25) is 4.79 Å². The number of hydrogen-bond acceptors (Lipinski definition) is 4. The van der Waals surface area contributed by atoms with Crippen molar-refractivity contribution in [3.05, 3.63) is 34.1 Å². The second kappa shape index (κ2) is 4.35. The Morgan fingerprint density at radius 1 is 1.31 bits per heavy atom. The van der Waals surface area contributed by atoms with E-state index >= 15 is 0 Å². The van der Waals surface area contributed by atoms with Gasteiger partial charge in [-0.2, -0.15) is 0 Å². The topological polar surface area (TPSA) is 63.6 Å². The smallest absolute Gasteiger partial charge is 0.338 e. The van der Waals surface area contributed by atoms with E-state index in [0.717, 1.165) is 0 Å². The molecule has 0 unspecified atom stereocenters. The third-order valence-corrected chi connectivity index (χ3v) is 2.48. The van der Waals surface area contributed by atoms with Crippen LogP contribution in [0.3, 0.4) is 0 Å². The van der Waals surface area contributed by atoms with Gasteiger partial charge in [0.1, 0.15) is 0 Å². The molecule has 1 aliphatic carbocycles. The van der Waals surface area contributed by atoms with E-state index in [9.17, 15) is 14.7 Å². The van der Waals surface area contributed by atoms with Crippen molar-refractivity contribution < 1.29 is 19.4 Å². The first-order chi connectivity index (χ1) is 7.40. The Bertz CT molecular complexity index is 446. The van der Waals surface area contributed by atoms with Gasteiger partial charge in [-0.05, 0) is 32.4 Å². The molecular weight excluding hydrogens is 208 g/mol. The molecule has 0 spiro atoms. The molecule has 86 valence electrons. The number of Topliss-reactive ketones (excluding diaryl/α,β-unsaturated/α-hetero) is 1. The molecule has 0 heterocycles. The van der Waals surface area contributed by atoms with E-state index in [1.54, 1.807) is 6.92 Å². The number of ketones is 1. The molecule has 0 aliphatic heterocycles. The van der Waals surface area contributed by atoms with E-state index in [4.69, 9.17) is 0 Å². The molecule has 0 atom stereocenters. The van der Waals surface area contributed by atoms with Gasteiger partial charge in [-0.15, -0.1) is 0 Å². The van der Waals surface area contributed by atoms with Crippen LogP contribution in [0.25, 0.3) is 0 Å². The molecule has 0 fully saturated rings. The van der Waals surface area contributed by atoms with Gasteiger partial charge >= 0.3 is 5.97 Å². The number of ether oxygens (including phenoxy) is 1. The monoisotopic (exact) mass is 222 g/mol. The Morgan fingerprint density at radius 2 is 1.88 bits per heavy atom. The van der Waals surface area contributed by atoms with E-state index in [1.165, 1.54) is 27.0 Å². The van der Waals surface area contributed by atoms with Crippen molar-refractivity contribution in [2.75, 3.05) is 7.11 Å². The van der Waals surface area contributed by atoms with Crippen LogP contribution < -0.4 is 0 Å². The molecule has 0 bridgehead atoms. The van der Waals surface area contributed by atoms with Crippen LogP contribution in [0, 0.1) is 0 Å². The van der Waals surface area contributed by atoms with Gasteiger partial charge in [-0.25, -0.2) is 4.79 Å². The molecular formula is C12H14O4. The predicted molar refractivity (Wildman–Crippen MR) is 58.8 cm³/mol. The van der Waals surface area contributed by atoms with E-state index in [0.29, 0.717) is 22.3 Å². The SMILES string of the molecule is COC(=O)C1=C/C(=C(\C)O)C(C(C)=O)=C1C. The third kappa shape index (κ3) is 1.91. The van der Waals surface area contributed by atoms with Crippen molar-refractivity contribution >= 4 is 11.8 Å². The molecule has 0 radical (unpaired) electrons. The van der Waals surface area contributed by atoms with Crippen molar-refractivity contribution in [1.29, 1.82) is 0 Å². The Kier molecular flexibility index (Phi) is 3.32. The summed E-state index contributed by atoms with van der Waals surface area (Å²) in [4.78, 5) is 22.9. The predicted octanol–water partition coefficient (Wildman–Crippen LogP) is 1.84. The van der Waals surface area contributed by atoms with Gasteiger partial charge in [0.05, 0.1) is 18.4 Å². The lowest BCUT2D eigenvalue weighted by atomic mass is 10.0. The first-order valence-electron chi connectivity index (χ1n) is 4.82. The summed E-state index contributed by atoms with van der Waals surface area (Å²) in [6, 6.07) is 0. The number of rotatable bonds is 2. The molecule has 0 saturated carbocycles. The van der Waals surface area contributed by atoms with Crippen LogP contribution in [0.2, 0.25) is 0 Å². The molecule has 0 saturated heterocycles. The number of aliphatic hydroxyl groups is 1. The van der Waals surface area contributed by atoms with Crippen molar-refractivity contribution in [2.24, 2.45) is 0 Å². The highest BCUT2D eigenvalue weighted by Gasteiger charge is 2.27. The zero-order valence-corrected chi connectivity index (χ0v) is 9.75. The minimum Gasteiger partial charge on any atom is -0.512 e. The first kappa shape index (κ1) is 12.2. The van der Waals surface area contributed by atoms with E-state index in [1.807, 2.05) is 0 Å². The summed E-state index contributed by atoms with van der Waals surface area (Å²) in [6.07, 6.45) is 1.48. The zero-order valence-electron chi connectivity index (χ0n) is 9.75. The fourth-order valence-electron chi connectivity index (χ4n) is 1.72. The Balaban J connectivity index is 3.38. The minimum absolute atomic E-state index is 0.0171. The maximum atomic E-state index is 11.4. The number of methoxy groups -OCH3 is 1. The van der Waals surface area contributed by atoms with E-state index < -0.39 is 5.97 Å². The molecule has 0 amide bonds. The fraction of sp³-hybridized carbons (Fsp3) is 0.333. The lowest BCUT2D eigenvalue weighted by Crippen LogP contribution is -2.05. The Labute approximate surface area is 93.9 Å². The van der Waals surface area contributed by atoms with Gasteiger partial charge in [0, 0.05) is 11.1 Å². The summed E-state index contributed by atoms with van der Waals surface area (Å²) in [5, 5.41) is 9.46. The molecule has 0 aromatic rings. The Morgan fingerprint density at radius 3 is 2.19 bits per heavy atom. The highest BCUT2D eigenvalue weighted by molar-refractivity contribution is 6.07. The van der Waals surface area contributed by atoms with Crippen LogP contribution in [-0.2, 0) is 14.3 Å². The minimum atomic E-state index is -0.507. The van der Waals surface area contributed by atoms with Gasteiger partial charge in [-0.1, -0.05) is 0 Å². The molecule has 4 heteroatoms. The highest BCUT2D eigenvalue weighted by Crippen LogP contribution is 2.33. The van der Waals surface area contributed by atoms with Crippen molar-refractivity contribution in [1.82, 2.24) is 0 Å². The first-order valence-corrected chi connectivity index (χ1v) is 4.82. The van der Waals surface area contributed by atoms with E-state index in [2.05, 4.69) is 4.74 Å². The fourth-order valence-corrected chi connectivity index (χ4v) is 1.72. The summed E-state index contributed by atoms with van der Waals surface area (Å²) < 4.78 is 4.60. The van der Waals surface area contributed by atoms with Crippen LogP contribution in [0.5, 0.6) is 0 Å². The van der Waals surface area contributed by atoms with Gasteiger partial charge in [0.25, 0.3) is 0 Å². The molecule has 1 rings (SSSR count). The van der Waals surface area contributed by atoms with Crippen LogP contribution >= 0.6 is 0 Å². The summed E-state index contributed by atoms with van der Waals surface area (Å²) >= 11 is 0. The summed E-state index contributed by atoms with van der Waals surface area (Å²) in [5.41, 5.74) is 1.63. The molecule has 0 aromatic heterocycles. The van der Waals surface area contributed by atoms with E-state index in [-0.39, 0.29) is 11.5 Å². The summed E-state index contributed by atoms with van der Waals surface area (Å²) in [7, 11) is 1.28. The molecule has 4 nitrogen and oxygen atoms in total. The van der Waals surface area contributed by atoms with Crippen LogP contribution in [0.4, 0.5) is 0 Å². The third-order valence-electron chi connectivity index (χ3n) is 2.48. The largest absolute Gasteiger partial charge is 0.512 e. The second-order valence-electron chi connectivity index (χ2n) is 3.60. The lowest BCUT2D eigenvalue weighted by Gasteiger charge is -2.03. The van der Waals surface area contributed by atoms with Gasteiger partial charge < -0.3 is 9.84 Å². The average Bonchev–Trinajstić information content (AvgIpc) is 2.55. The number of esters is 1. The maximum absolute atomic E-state index is 11.4. The second-order valence-corrected chi connectivity index (χ2v) is 3.60. The van der Waals surface area contributed by atoms with Crippen molar-refractivity contribution in [3.8, 4) is 0 Å². The molecule has 1 N–H and O–H groups in total. The van der Waals surface area contributed by atoms with Crippen LogP contribution in [0.1, 0.15) is 20.8 Å². The molecule has 0 aromatic carbocycles. The van der Waals surface area contributed by atoms with Gasteiger partial charge in [0.15, 0.2) is 5.78 Å². The average molecular weight is 222 g/mol. The molecule has 1 aliphatic rings. The highest BCUT2D eigenvalue weighted by atomic mass is 16.5. The number of aliphatic hydroxyl groups excluding tert-OH is 1. The maximum Gasteiger partial charge on any atom is 0.338 e. The van der Waals surface area contributed by atoms with Crippen molar-refractivity contribution in [3.63, 3.8) is 0 Å². The standard InChI is InChI=1S/C12H14O4/c1-6-9(12(15)16-4)5-10(7(2)13)11(6)8(3)14/h5,13H,1-4H3/b10-7-. The lowest BCUT2D eigenvalue weighted by molar-refractivity contribution is -0.135. The number of allylic oxidation sites excluding steroid dienone is 4. The number of carbonyl (C=O) groups is 2. The summed E-state index contributed by atoms with van der Waals surface area (Å²) in [6.45, 7) is 4.54. The zero-order chi connectivity index (χ0) is 12.5. The number of carbonyl (C=O) groups excluding carboxylic acids is 2. The molecule has 16 heavy (non-hydrogen) atoms. The van der Waals surface area contributed by atoms with Crippen LogP contribution in [0.15, 0.2) is 34.1 Å². The Hall–Kier alpha value is -1.84.